The van der Waals surface area contributed by atoms with Gasteiger partial charge in [-0.25, -0.2) is 0 Å². The summed E-state index contributed by atoms with van der Waals surface area (Å²) in [6.45, 7) is 0.556. The van der Waals surface area contributed by atoms with Crippen LogP contribution >= 0.6 is 11.6 Å². The molecule has 0 aromatic heterocycles. The van der Waals surface area contributed by atoms with Gasteiger partial charge in [-0.05, 0) is 17.7 Å². The first kappa shape index (κ1) is 10.2. The van der Waals surface area contributed by atoms with E-state index >= 15 is 0 Å². The zero-order chi connectivity index (χ0) is 6.69. The quantitative estimate of drug-likeness (QED) is 0.633. The van der Waals surface area contributed by atoms with Crippen molar-refractivity contribution in [1.29, 1.82) is 0 Å². The molecular formula is C7H10ClMgN. The fourth-order valence-electron chi connectivity index (χ4n) is 0.664. The summed E-state index contributed by atoms with van der Waals surface area (Å²) in [5.41, 5.74) is 6.43. The molecule has 10 heavy (non-hydrogen) atoms. The van der Waals surface area contributed by atoms with Crippen molar-refractivity contribution in [2.45, 2.75) is 6.54 Å². The minimum atomic E-state index is 0. The summed E-state index contributed by atoms with van der Waals surface area (Å²) in [6.07, 6.45) is 0. The standard InChI is InChI=1S/C7H8ClN.Mg.2H/c8-7-3-1-2-6(4-7)5-9;;;/h1-4H,5,9H2;;;/q;+2;2*-1. The Balaban J connectivity index is -0.000000270. The van der Waals surface area contributed by atoms with E-state index in [0.717, 1.165) is 10.6 Å². The molecule has 0 atom stereocenters. The number of halogens is 1. The molecule has 2 N–H and O–H groups in total. The van der Waals surface area contributed by atoms with E-state index in [1.54, 1.807) is 0 Å². The molecule has 0 aliphatic rings. The molecule has 1 aromatic rings. The predicted octanol–water partition coefficient (Wildman–Crippen LogP) is 1.64. The topological polar surface area (TPSA) is 26.0 Å². The Bertz CT molecular complexity index is 210. The zero-order valence-corrected chi connectivity index (χ0v) is 7.85. The van der Waals surface area contributed by atoms with Gasteiger partial charge in [0.2, 0.25) is 0 Å². The summed E-state index contributed by atoms with van der Waals surface area (Å²) >= 11 is 5.67. The van der Waals surface area contributed by atoms with Gasteiger partial charge in [-0.3, -0.25) is 0 Å². The normalized spacial score (nSPS) is 8.60. The van der Waals surface area contributed by atoms with E-state index in [0.29, 0.717) is 6.54 Å². The van der Waals surface area contributed by atoms with Crippen molar-refractivity contribution in [2.75, 3.05) is 0 Å². The molecule has 52 valence electrons. The summed E-state index contributed by atoms with van der Waals surface area (Å²) in [7, 11) is 0. The first-order chi connectivity index (χ1) is 4.33. The Morgan fingerprint density at radius 2 is 2.20 bits per heavy atom. The number of hydrogen-bond acceptors (Lipinski definition) is 1. The molecule has 0 bridgehead atoms. The maximum atomic E-state index is 5.67. The Hall–Kier alpha value is 0.236. The molecule has 1 rings (SSSR count). The van der Waals surface area contributed by atoms with Gasteiger partial charge in [0.1, 0.15) is 0 Å². The van der Waals surface area contributed by atoms with Crippen molar-refractivity contribution in [1.82, 2.24) is 0 Å². The SMILES string of the molecule is NCc1cccc(Cl)c1.[H-].[H-].[Mg+2]. The van der Waals surface area contributed by atoms with Gasteiger partial charge in [0.05, 0.1) is 0 Å². The minimum Gasteiger partial charge on any atom is -1.00 e. The van der Waals surface area contributed by atoms with E-state index in [-0.39, 0.29) is 25.9 Å². The van der Waals surface area contributed by atoms with Crippen LogP contribution in [0.4, 0.5) is 0 Å². The van der Waals surface area contributed by atoms with Gasteiger partial charge in [-0.2, -0.15) is 0 Å². The van der Waals surface area contributed by atoms with Crippen molar-refractivity contribution >= 4 is 34.7 Å². The summed E-state index contributed by atoms with van der Waals surface area (Å²) in [5.74, 6) is 0. The van der Waals surface area contributed by atoms with Crippen LogP contribution in [0.2, 0.25) is 5.02 Å². The molecule has 0 aliphatic heterocycles. The van der Waals surface area contributed by atoms with E-state index in [9.17, 15) is 0 Å². The van der Waals surface area contributed by atoms with Crippen LogP contribution in [0.3, 0.4) is 0 Å². The van der Waals surface area contributed by atoms with Gasteiger partial charge in [0, 0.05) is 11.6 Å². The van der Waals surface area contributed by atoms with E-state index in [1.165, 1.54) is 0 Å². The summed E-state index contributed by atoms with van der Waals surface area (Å²) in [6, 6.07) is 7.54. The third kappa shape index (κ3) is 2.88. The van der Waals surface area contributed by atoms with Gasteiger partial charge in [0.15, 0.2) is 0 Å². The Morgan fingerprint density at radius 1 is 1.50 bits per heavy atom. The van der Waals surface area contributed by atoms with Crippen LogP contribution in [0.5, 0.6) is 0 Å². The molecule has 0 heterocycles. The van der Waals surface area contributed by atoms with Crippen molar-refractivity contribution < 1.29 is 2.85 Å². The molecule has 3 heteroatoms. The van der Waals surface area contributed by atoms with Gasteiger partial charge in [-0.15, -0.1) is 0 Å². The maximum Gasteiger partial charge on any atom is 2.00 e. The Labute approximate surface area is 84.7 Å². The molecule has 0 amide bonds. The average Bonchev–Trinajstić information content (AvgIpc) is 1.88. The van der Waals surface area contributed by atoms with Crippen LogP contribution in [0.1, 0.15) is 8.42 Å². The van der Waals surface area contributed by atoms with Crippen molar-refractivity contribution in [3.05, 3.63) is 34.9 Å². The van der Waals surface area contributed by atoms with E-state index in [1.807, 2.05) is 24.3 Å². The second-order valence-corrected chi connectivity index (χ2v) is 2.27. The second-order valence-electron chi connectivity index (χ2n) is 1.83. The van der Waals surface area contributed by atoms with Crippen molar-refractivity contribution in [3.8, 4) is 0 Å². The van der Waals surface area contributed by atoms with E-state index < -0.39 is 0 Å². The summed E-state index contributed by atoms with van der Waals surface area (Å²) in [4.78, 5) is 0. The van der Waals surface area contributed by atoms with Crippen LogP contribution in [-0.2, 0) is 6.54 Å². The third-order valence-electron chi connectivity index (χ3n) is 1.12. The number of nitrogens with two attached hydrogens (primary N) is 1. The number of rotatable bonds is 1. The van der Waals surface area contributed by atoms with Gasteiger partial charge < -0.3 is 8.59 Å². The predicted molar refractivity (Wildman–Crippen MR) is 47.3 cm³/mol. The van der Waals surface area contributed by atoms with Crippen LogP contribution < -0.4 is 5.73 Å². The summed E-state index contributed by atoms with van der Waals surface area (Å²) in [5, 5.41) is 0.748. The first-order valence-electron chi connectivity index (χ1n) is 2.77. The largest absolute Gasteiger partial charge is 2.00 e. The Kier molecular flexibility index (Phi) is 5.08. The second kappa shape index (κ2) is 4.96. The zero-order valence-electron chi connectivity index (χ0n) is 7.68. The number of benzene rings is 1. The van der Waals surface area contributed by atoms with Crippen molar-refractivity contribution in [2.24, 2.45) is 5.73 Å². The minimum absolute atomic E-state index is 0. The molecular weight excluding hydrogens is 158 g/mol. The fraction of sp³-hybridized carbons (Fsp3) is 0.143. The van der Waals surface area contributed by atoms with Gasteiger partial charge >= 0.3 is 23.1 Å². The van der Waals surface area contributed by atoms with Crippen LogP contribution in [0.25, 0.3) is 0 Å². The molecule has 0 radical (unpaired) electrons. The van der Waals surface area contributed by atoms with Crippen LogP contribution in [0.15, 0.2) is 24.3 Å². The van der Waals surface area contributed by atoms with E-state index in [2.05, 4.69) is 0 Å². The molecule has 1 nitrogen and oxygen atoms in total. The number of hydrogen-bond donors (Lipinski definition) is 1. The monoisotopic (exact) mass is 167 g/mol. The average molecular weight is 168 g/mol. The van der Waals surface area contributed by atoms with Gasteiger partial charge in [0.25, 0.3) is 0 Å². The smallest absolute Gasteiger partial charge is 1.00 e. The van der Waals surface area contributed by atoms with Crippen LogP contribution in [0, 0.1) is 0 Å². The molecule has 0 fully saturated rings. The maximum absolute atomic E-state index is 5.67. The molecule has 0 unspecified atom stereocenters. The molecule has 0 saturated heterocycles. The third-order valence-corrected chi connectivity index (χ3v) is 1.36. The van der Waals surface area contributed by atoms with Crippen LogP contribution in [-0.4, -0.2) is 23.1 Å². The van der Waals surface area contributed by atoms with Crippen molar-refractivity contribution in [3.63, 3.8) is 0 Å². The Morgan fingerprint density at radius 3 is 2.60 bits per heavy atom. The molecule has 0 spiro atoms. The first-order valence-corrected chi connectivity index (χ1v) is 3.15. The molecule has 0 saturated carbocycles. The molecule has 0 aliphatic carbocycles. The summed E-state index contributed by atoms with van der Waals surface area (Å²) < 4.78 is 0. The van der Waals surface area contributed by atoms with E-state index in [4.69, 9.17) is 17.3 Å². The fourth-order valence-corrected chi connectivity index (χ4v) is 0.877. The molecule has 1 aromatic carbocycles. The van der Waals surface area contributed by atoms with Gasteiger partial charge in [-0.1, -0.05) is 23.7 Å².